The highest BCUT2D eigenvalue weighted by Gasteiger charge is 2.30. The van der Waals surface area contributed by atoms with Crippen LogP contribution in [0.5, 0.6) is 0 Å². The Kier molecular flexibility index (Phi) is 3.91. The first-order valence-electron chi connectivity index (χ1n) is 8.98. The molecule has 28 heavy (non-hydrogen) atoms. The molecule has 1 aliphatic rings. The fourth-order valence-electron chi connectivity index (χ4n) is 3.57. The van der Waals surface area contributed by atoms with Gasteiger partial charge in [-0.15, -0.1) is 5.10 Å². The van der Waals surface area contributed by atoms with Crippen LogP contribution in [0, 0.1) is 0 Å². The second-order valence-corrected chi connectivity index (χ2v) is 6.62. The van der Waals surface area contributed by atoms with Crippen molar-refractivity contribution < 1.29 is 19.2 Å². The highest BCUT2D eigenvalue weighted by Crippen LogP contribution is 2.34. The minimum Gasteiger partial charge on any atom is -0.476 e. The number of hydrogen-bond donors (Lipinski definition) is 1. The Morgan fingerprint density at radius 3 is 2.79 bits per heavy atom. The number of nitrogens with zero attached hydrogens (tertiary/aromatic N) is 4. The maximum atomic E-state index is 11.6. The SMILES string of the molecule is O=C(O)c1nnn(-c2ccc3noc(-c4ccccc4)c3c2)c1C1CCCO1. The van der Waals surface area contributed by atoms with Crippen molar-refractivity contribution in [2.75, 3.05) is 6.61 Å². The van der Waals surface area contributed by atoms with E-state index < -0.39 is 5.97 Å². The maximum absolute atomic E-state index is 11.6. The minimum absolute atomic E-state index is 0.0828. The van der Waals surface area contributed by atoms with Crippen molar-refractivity contribution >= 4 is 16.9 Å². The molecule has 1 fully saturated rings. The van der Waals surface area contributed by atoms with E-state index in [0.717, 1.165) is 23.8 Å². The molecule has 0 amide bonds. The van der Waals surface area contributed by atoms with Crippen molar-refractivity contribution in [3.05, 3.63) is 59.9 Å². The highest BCUT2D eigenvalue weighted by atomic mass is 16.5. The molecule has 5 rings (SSSR count). The summed E-state index contributed by atoms with van der Waals surface area (Å²) in [5.41, 5.74) is 2.67. The molecule has 0 spiro atoms. The van der Waals surface area contributed by atoms with Crippen LogP contribution >= 0.6 is 0 Å². The second-order valence-electron chi connectivity index (χ2n) is 6.62. The number of carboxylic acids is 1. The van der Waals surface area contributed by atoms with Crippen molar-refractivity contribution in [2.45, 2.75) is 18.9 Å². The summed E-state index contributed by atoms with van der Waals surface area (Å²) in [6.07, 6.45) is 1.27. The molecule has 4 aromatic rings. The van der Waals surface area contributed by atoms with E-state index in [4.69, 9.17) is 9.26 Å². The summed E-state index contributed by atoms with van der Waals surface area (Å²) in [4.78, 5) is 11.6. The summed E-state index contributed by atoms with van der Waals surface area (Å²) in [6, 6.07) is 15.2. The molecule has 0 aliphatic carbocycles. The Morgan fingerprint density at radius 2 is 2.04 bits per heavy atom. The van der Waals surface area contributed by atoms with Gasteiger partial charge in [-0.25, -0.2) is 9.48 Å². The number of ether oxygens (including phenoxy) is 1. The lowest BCUT2D eigenvalue weighted by atomic mass is 10.1. The molecule has 0 saturated carbocycles. The Hall–Kier alpha value is -3.52. The molecule has 1 aliphatic heterocycles. The Labute approximate surface area is 159 Å². The topological polar surface area (TPSA) is 103 Å². The number of hydrogen-bond acceptors (Lipinski definition) is 6. The van der Waals surface area contributed by atoms with Gasteiger partial charge in [-0.1, -0.05) is 40.7 Å². The van der Waals surface area contributed by atoms with E-state index in [-0.39, 0.29) is 11.8 Å². The molecule has 140 valence electrons. The summed E-state index contributed by atoms with van der Waals surface area (Å²) in [7, 11) is 0. The van der Waals surface area contributed by atoms with Gasteiger partial charge in [0.15, 0.2) is 11.5 Å². The Morgan fingerprint density at radius 1 is 1.18 bits per heavy atom. The van der Waals surface area contributed by atoms with Crippen LogP contribution in [0.15, 0.2) is 53.1 Å². The van der Waals surface area contributed by atoms with E-state index in [1.54, 1.807) is 4.68 Å². The third kappa shape index (κ3) is 2.66. The van der Waals surface area contributed by atoms with Crippen LogP contribution in [0.2, 0.25) is 0 Å². The van der Waals surface area contributed by atoms with Crippen LogP contribution in [0.25, 0.3) is 27.9 Å². The summed E-state index contributed by atoms with van der Waals surface area (Å²) in [6.45, 7) is 0.595. The van der Waals surface area contributed by atoms with E-state index >= 15 is 0 Å². The van der Waals surface area contributed by atoms with E-state index in [1.807, 2.05) is 48.5 Å². The van der Waals surface area contributed by atoms with Gasteiger partial charge in [0.2, 0.25) is 0 Å². The number of benzene rings is 2. The molecular formula is C20H16N4O4. The first kappa shape index (κ1) is 16.6. The lowest BCUT2D eigenvalue weighted by Crippen LogP contribution is -2.11. The van der Waals surface area contributed by atoms with Crippen LogP contribution in [-0.4, -0.2) is 37.8 Å². The standard InChI is InChI=1S/C20H16N4O4/c25-20(26)17-18(16-7-4-10-27-16)24(23-21-17)13-8-9-15-14(11-13)19(28-22-15)12-5-2-1-3-6-12/h1-3,5-6,8-9,11,16H,4,7,10H2,(H,25,26). The summed E-state index contributed by atoms with van der Waals surface area (Å²) < 4.78 is 12.8. The number of aromatic nitrogens is 4. The summed E-state index contributed by atoms with van der Waals surface area (Å²) in [5.74, 6) is -0.470. The van der Waals surface area contributed by atoms with Crippen molar-refractivity contribution in [3.8, 4) is 17.0 Å². The number of carbonyl (C=O) groups is 1. The van der Waals surface area contributed by atoms with Crippen molar-refractivity contribution in [2.24, 2.45) is 0 Å². The van der Waals surface area contributed by atoms with Gasteiger partial charge < -0.3 is 14.4 Å². The van der Waals surface area contributed by atoms with Gasteiger partial charge in [-0.3, -0.25) is 0 Å². The van der Waals surface area contributed by atoms with Gasteiger partial charge in [0.05, 0.1) is 11.1 Å². The molecule has 8 nitrogen and oxygen atoms in total. The van der Waals surface area contributed by atoms with Gasteiger partial charge in [0.25, 0.3) is 0 Å². The van der Waals surface area contributed by atoms with Crippen LogP contribution < -0.4 is 0 Å². The zero-order chi connectivity index (χ0) is 19.1. The van der Waals surface area contributed by atoms with Gasteiger partial charge in [-0.2, -0.15) is 0 Å². The monoisotopic (exact) mass is 376 g/mol. The normalized spacial score (nSPS) is 16.6. The van der Waals surface area contributed by atoms with Gasteiger partial charge in [-0.05, 0) is 31.0 Å². The molecule has 0 bridgehead atoms. The van der Waals surface area contributed by atoms with Crippen molar-refractivity contribution in [1.82, 2.24) is 20.2 Å². The molecule has 8 heteroatoms. The molecule has 3 heterocycles. The molecule has 1 saturated heterocycles. The number of carboxylic acid groups (broad SMARTS) is 1. The third-order valence-electron chi connectivity index (χ3n) is 4.88. The van der Waals surface area contributed by atoms with Gasteiger partial charge in [0, 0.05) is 12.2 Å². The average Bonchev–Trinajstić information content (AvgIpc) is 3.46. The third-order valence-corrected chi connectivity index (χ3v) is 4.88. The highest BCUT2D eigenvalue weighted by molar-refractivity contribution is 5.93. The Bertz CT molecular complexity index is 1160. The summed E-state index contributed by atoms with van der Waals surface area (Å²) >= 11 is 0. The molecule has 1 atom stereocenters. The average molecular weight is 376 g/mol. The largest absolute Gasteiger partial charge is 0.476 e. The fraction of sp³-hybridized carbons (Fsp3) is 0.200. The zero-order valence-electron chi connectivity index (χ0n) is 14.8. The predicted octanol–water partition coefficient (Wildman–Crippen LogP) is 3.63. The van der Waals surface area contributed by atoms with Crippen LogP contribution in [0.4, 0.5) is 0 Å². The molecular weight excluding hydrogens is 360 g/mol. The summed E-state index contributed by atoms with van der Waals surface area (Å²) in [5, 5.41) is 22.4. The predicted molar refractivity (Wildman–Crippen MR) is 99.2 cm³/mol. The lowest BCUT2D eigenvalue weighted by Gasteiger charge is -2.12. The minimum atomic E-state index is -1.12. The maximum Gasteiger partial charge on any atom is 0.358 e. The van der Waals surface area contributed by atoms with Crippen LogP contribution in [-0.2, 0) is 4.74 Å². The number of fused-ring (bicyclic) bond motifs is 1. The van der Waals surface area contributed by atoms with Crippen molar-refractivity contribution in [3.63, 3.8) is 0 Å². The first-order chi connectivity index (χ1) is 13.7. The van der Waals surface area contributed by atoms with Gasteiger partial charge in [0.1, 0.15) is 17.3 Å². The van der Waals surface area contributed by atoms with Crippen molar-refractivity contribution in [1.29, 1.82) is 0 Å². The quantitative estimate of drug-likeness (QED) is 0.580. The number of aromatic carboxylic acids is 1. The number of rotatable bonds is 4. The first-order valence-corrected chi connectivity index (χ1v) is 8.98. The van der Waals surface area contributed by atoms with E-state index in [9.17, 15) is 9.90 Å². The lowest BCUT2D eigenvalue weighted by molar-refractivity contribution is 0.0673. The molecule has 1 N–H and O–H groups in total. The molecule has 2 aromatic heterocycles. The Balaban J connectivity index is 1.67. The fourth-order valence-corrected chi connectivity index (χ4v) is 3.57. The molecule has 1 unspecified atom stereocenters. The van der Waals surface area contributed by atoms with E-state index in [0.29, 0.717) is 29.3 Å². The second kappa shape index (κ2) is 6.58. The van der Waals surface area contributed by atoms with E-state index in [2.05, 4.69) is 15.5 Å². The molecule has 0 radical (unpaired) electrons. The van der Waals surface area contributed by atoms with Gasteiger partial charge >= 0.3 is 5.97 Å². The van der Waals surface area contributed by atoms with Crippen LogP contribution in [0.1, 0.15) is 35.1 Å². The smallest absolute Gasteiger partial charge is 0.358 e. The molecule has 2 aromatic carbocycles. The zero-order valence-corrected chi connectivity index (χ0v) is 14.8. The van der Waals surface area contributed by atoms with Crippen LogP contribution in [0.3, 0.4) is 0 Å². The van der Waals surface area contributed by atoms with E-state index in [1.165, 1.54) is 0 Å².